The minimum atomic E-state index is -0.296. The van der Waals surface area contributed by atoms with Crippen LogP contribution in [0.15, 0.2) is 72.1 Å². The smallest absolute Gasteiger partial charge is 0.251 e. The van der Waals surface area contributed by atoms with Crippen molar-refractivity contribution in [3.05, 3.63) is 83.4 Å². The summed E-state index contributed by atoms with van der Waals surface area (Å²) in [4.78, 5) is 42.0. The standard InChI is InChI=1S/C23H22N4O3S/c1-17(28)27(20-10-6-3-7-11-20)23-26-19(16-31-23)12-13-21(29)24-14-15-25-22(30)18-8-4-2-5-9-18/h2-13,16H,14-15H2,1H3,(H,24,29)(H,25,30)/b13-12+. The lowest BCUT2D eigenvalue weighted by Gasteiger charge is -2.17. The van der Waals surface area contributed by atoms with E-state index >= 15 is 0 Å². The van der Waals surface area contributed by atoms with Gasteiger partial charge < -0.3 is 10.6 Å². The highest BCUT2D eigenvalue weighted by Crippen LogP contribution is 2.28. The quantitative estimate of drug-likeness (QED) is 0.420. The third-order valence-corrected chi connectivity index (χ3v) is 5.03. The second-order valence-corrected chi connectivity index (χ2v) is 7.33. The Hall–Kier alpha value is -3.78. The van der Waals surface area contributed by atoms with Crippen LogP contribution in [0.3, 0.4) is 0 Å². The van der Waals surface area contributed by atoms with Gasteiger partial charge in [0.15, 0.2) is 5.13 Å². The first-order chi connectivity index (χ1) is 15.0. The summed E-state index contributed by atoms with van der Waals surface area (Å²) < 4.78 is 0. The predicted molar refractivity (Wildman–Crippen MR) is 122 cm³/mol. The molecule has 0 spiro atoms. The molecule has 8 heteroatoms. The van der Waals surface area contributed by atoms with Crippen LogP contribution in [0.2, 0.25) is 0 Å². The molecule has 1 aromatic heterocycles. The number of anilines is 2. The zero-order valence-electron chi connectivity index (χ0n) is 16.9. The van der Waals surface area contributed by atoms with Crippen molar-refractivity contribution in [2.75, 3.05) is 18.0 Å². The average molecular weight is 435 g/mol. The van der Waals surface area contributed by atoms with E-state index in [1.165, 1.54) is 29.2 Å². The Labute approximate surface area is 184 Å². The topological polar surface area (TPSA) is 91.4 Å². The van der Waals surface area contributed by atoms with Crippen molar-refractivity contribution in [2.45, 2.75) is 6.92 Å². The van der Waals surface area contributed by atoms with E-state index in [4.69, 9.17) is 0 Å². The third-order valence-electron chi connectivity index (χ3n) is 4.18. The number of nitrogens with zero attached hydrogens (tertiary/aromatic N) is 2. The molecule has 3 aromatic rings. The van der Waals surface area contributed by atoms with Crippen LogP contribution in [-0.2, 0) is 9.59 Å². The number of para-hydroxylation sites is 1. The number of carbonyl (C=O) groups is 3. The first-order valence-electron chi connectivity index (χ1n) is 9.65. The molecule has 2 aromatic carbocycles. The summed E-state index contributed by atoms with van der Waals surface area (Å²) in [6.45, 7) is 2.10. The second-order valence-electron chi connectivity index (χ2n) is 6.49. The lowest BCUT2D eigenvalue weighted by atomic mass is 10.2. The third kappa shape index (κ3) is 6.35. The Balaban J connectivity index is 1.49. The number of aromatic nitrogens is 1. The zero-order chi connectivity index (χ0) is 22.1. The molecule has 3 rings (SSSR count). The summed E-state index contributed by atoms with van der Waals surface area (Å²) in [5.41, 5.74) is 1.88. The molecular weight excluding hydrogens is 412 g/mol. The molecule has 158 valence electrons. The zero-order valence-corrected chi connectivity index (χ0v) is 17.8. The molecule has 0 aliphatic heterocycles. The number of thiazole rings is 1. The van der Waals surface area contributed by atoms with Crippen LogP contribution in [0.4, 0.5) is 10.8 Å². The first kappa shape index (κ1) is 21.9. The average Bonchev–Trinajstić information content (AvgIpc) is 3.24. The number of benzene rings is 2. The van der Waals surface area contributed by atoms with Crippen LogP contribution in [0.25, 0.3) is 6.08 Å². The van der Waals surface area contributed by atoms with Gasteiger partial charge in [-0.05, 0) is 30.3 Å². The number of hydrogen-bond acceptors (Lipinski definition) is 5. The highest BCUT2D eigenvalue weighted by molar-refractivity contribution is 7.14. The largest absolute Gasteiger partial charge is 0.351 e. The first-order valence-corrected chi connectivity index (χ1v) is 10.5. The van der Waals surface area contributed by atoms with Gasteiger partial charge in [-0.25, -0.2) is 4.98 Å². The van der Waals surface area contributed by atoms with Gasteiger partial charge in [0, 0.05) is 37.0 Å². The SMILES string of the molecule is CC(=O)N(c1ccccc1)c1nc(/C=C/C(=O)NCCNC(=O)c2ccccc2)cs1. The number of hydrogen-bond donors (Lipinski definition) is 2. The van der Waals surface area contributed by atoms with E-state index in [9.17, 15) is 14.4 Å². The molecule has 0 aliphatic carbocycles. The van der Waals surface area contributed by atoms with Crippen molar-refractivity contribution in [1.29, 1.82) is 0 Å². The minimum absolute atomic E-state index is 0.147. The minimum Gasteiger partial charge on any atom is -0.351 e. The summed E-state index contributed by atoms with van der Waals surface area (Å²) >= 11 is 1.32. The lowest BCUT2D eigenvalue weighted by Crippen LogP contribution is -2.33. The Morgan fingerprint density at radius 3 is 2.29 bits per heavy atom. The van der Waals surface area contributed by atoms with Crippen molar-refractivity contribution < 1.29 is 14.4 Å². The lowest BCUT2D eigenvalue weighted by molar-refractivity contribution is -0.117. The maximum absolute atomic E-state index is 12.1. The van der Waals surface area contributed by atoms with Crippen molar-refractivity contribution in [2.24, 2.45) is 0 Å². The molecule has 0 saturated carbocycles. The Kier molecular flexibility index (Phi) is 7.67. The molecule has 3 amide bonds. The molecule has 0 bridgehead atoms. The fourth-order valence-electron chi connectivity index (χ4n) is 2.73. The van der Waals surface area contributed by atoms with Gasteiger partial charge in [0.2, 0.25) is 11.8 Å². The molecule has 0 fully saturated rings. The van der Waals surface area contributed by atoms with Gasteiger partial charge >= 0.3 is 0 Å². The summed E-state index contributed by atoms with van der Waals surface area (Å²) in [6, 6.07) is 18.1. The van der Waals surface area contributed by atoms with E-state index < -0.39 is 0 Å². The van der Waals surface area contributed by atoms with Crippen LogP contribution < -0.4 is 15.5 Å². The van der Waals surface area contributed by atoms with Crippen LogP contribution in [-0.4, -0.2) is 35.8 Å². The predicted octanol–water partition coefficient (Wildman–Crippen LogP) is 3.39. The maximum Gasteiger partial charge on any atom is 0.251 e. The van der Waals surface area contributed by atoms with Gasteiger partial charge in [0.1, 0.15) is 0 Å². The molecule has 0 aliphatic rings. The molecule has 0 atom stereocenters. The van der Waals surface area contributed by atoms with Crippen LogP contribution in [0.5, 0.6) is 0 Å². The van der Waals surface area contributed by atoms with Crippen LogP contribution in [0.1, 0.15) is 23.0 Å². The summed E-state index contributed by atoms with van der Waals surface area (Å²) in [5.74, 6) is -0.629. The van der Waals surface area contributed by atoms with Crippen molar-refractivity contribution >= 4 is 46.0 Å². The normalized spacial score (nSPS) is 10.6. The molecule has 0 saturated heterocycles. The van der Waals surface area contributed by atoms with Gasteiger partial charge in [-0.1, -0.05) is 36.4 Å². The molecule has 2 N–H and O–H groups in total. The molecule has 1 heterocycles. The van der Waals surface area contributed by atoms with Crippen molar-refractivity contribution in [3.8, 4) is 0 Å². The second kappa shape index (κ2) is 10.8. The van der Waals surface area contributed by atoms with E-state index in [0.717, 1.165) is 5.69 Å². The molecular formula is C23H22N4O3S. The number of rotatable bonds is 8. The monoisotopic (exact) mass is 434 g/mol. The fraction of sp³-hybridized carbons (Fsp3) is 0.130. The van der Waals surface area contributed by atoms with Crippen LogP contribution >= 0.6 is 11.3 Å². The molecule has 0 radical (unpaired) electrons. The molecule has 0 unspecified atom stereocenters. The van der Waals surface area contributed by atoms with E-state index in [1.807, 2.05) is 36.4 Å². The van der Waals surface area contributed by atoms with Gasteiger partial charge in [-0.2, -0.15) is 0 Å². The Morgan fingerprint density at radius 1 is 0.968 bits per heavy atom. The van der Waals surface area contributed by atoms with Crippen LogP contribution in [0, 0.1) is 0 Å². The van der Waals surface area contributed by atoms with Gasteiger partial charge in [-0.3, -0.25) is 19.3 Å². The Bertz CT molecular complexity index is 1060. The summed E-state index contributed by atoms with van der Waals surface area (Å²) in [5, 5.41) is 7.75. The van der Waals surface area contributed by atoms with Gasteiger partial charge in [-0.15, -0.1) is 11.3 Å². The highest BCUT2D eigenvalue weighted by atomic mass is 32.1. The van der Waals surface area contributed by atoms with E-state index in [2.05, 4.69) is 15.6 Å². The number of nitrogens with one attached hydrogen (secondary N) is 2. The van der Waals surface area contributed by atoms with E-state index in [1.54, 1.807) is 35.7 Å². The van der Waals surface area contributed by atoms with E-state index in [-0.39, 0.29) is 17.7 Å². The van der Waals surface area contributed by atoms with E-state index in [0.29, 0.717) is 29.5 Å². The number of carbonyl (C=O) groups excluding carboxylic acids is 3. The summed E-state index contributed by atoms with van der Waals surface area (Å²) in [6.07, 6.45) is 2.96. The maximum atomic E-state index is 12.1. The van der Waals surface area contributed by atoms with Gasteiger partial charge in [0.05, 0.1) is 11.4 Å². The summed E-state index contributed by atoms with van der Waals surface area (Å²) in [7, 11) is 0. The van der Waals surface area contributed by atoms with Crippen molar-refractivity contribution in [3.63, 3.8) is 0 Å². The Morgan fingerprint density at radius 2 is 1.61 bits per heavy atom. The van der Waals surface area contributed by atoms with Gasteiger partial charge in [0.25, 0.3) is 5.91 Å². The van der Waals surface area contributed by atoms with Crippen molar-refractivity contribution in [1.82, 2.24) is 15.6 Å². The molecule has 7 nitrogen and oxygen atoms in total. The molecule has 31 heavy (non-hydrogen) atoms. The highest BCUT2D eigenvalue weighted by Gasteiger charge is 2.17. The fourth-order valence-corrected chi connectivity index (χ4v) is 3.59. The number of amides is 3.